The number of hydrogen-bond donors (Lipinski definition) is 2. The zero-order valence-corrected chi connectivity index (χ0v) is 12.8. The molecule has 0 aromatic carbocycles. The topological polar surface area (TPSA) is 50.4 Å². The van der Waals surface area contributed by atoms with Crippen molar-refractivity contribution in [1.29, 1.82) is 0 Å². The minimum atomic E-state index is -0.438. The number of carbonyl (C=O) groups excluding carboxylic acids is 1. The minimum absolute atomic E-state index is 0.0775. The number of carbonyl (C=O) groups is 1. The molecular formula is C14H30N2O2. The van der Waals surface area contributed by atoms with E-state index < -0.39 is 5.60 Å². The number of hydrogen-bond acceptors (Lipinski definition) is 3. The molecule has 0 heterocycles. The van der Waals surface area contributed by atoms with E-state index in [2.05, 4.69) is 24.5 Å². The Hall–Kier alpha value is -0.770. The quantitative estimate of drug-likeness (QED) is 0.738. The van der Waals surface area contributed by atoms with E-state index in [1.165, 1.54) is 12.8 Å². The van der Waals surface area contributed by atoms with Gasteiger partial charge in [-0.1, -0.05) is 20.3 Å². The second-order valence-corrected chi connectivity index (χ2v) is 6.10. The highest BCUT2D eigenvalue weighted by Crippen LogP contribution is 2.06. The van der Waals surface area contributed by atoms with Gasteiger partial charge in [-0.3, -0.25) is 0 Å². The third kappa shape index (κ3) is 10.4. The van der Waals surface area contributed by atoms with Gasteiger partial charge in [0.25, 0.3) is 0 Å². The Morgan fingerprint density at radius 1 is 1.22 bits per heavy atom. The highest BCUT2D eigenvalue weighted by atomic mass is 16.6. The molecule has 0 saturated carbocycles. The van der Waals surface area contributed by atoms with E-state index in [0.717, 1.165) is 13.1 Å². The van der Waals surface area contributed by atoms with Gasteiger partial charge in [-0.05, 0) is 46.6 Å². The molecule has 0 aliphatic rings. The van der Waals surface area contributed by atoms with E-state index in [1.54, 1.807) is 0 Å². The van der Waals surface area contributed by atoms with Crippen molar-refractivity contribution in [2.24, 2.45) is 5.92 Å². The average Bonchev–Trinajstić information content (AvgIpc) is 2.14. The zero-order valence-electron chi connectivity index (χ0n) is 12.8. The zero-order chi connectivity index (χ0) is 14.2. The molecule has 2 N–H and O–H groups in total. The van der Waals surface area contributed by atoms with Gasteiger partial charge >= 0.3 is 6.09 Å². The lowest BCUT2D eigenvalue weighted by molar-refractivity contribution is 0.0508. The molecule has 0 radical (unpaired) electrons. The van der Waals surface area contributed by atoms with Crippen LogP contribution in [0.4, 0.5) is 4.79 Å². The third-order valence-corrected chi connectivity index (χ3v) is 2.49. The summed E-state index contributed by atoms with van der Waals surface area (Å²) in [6, 6.07) is 0.0775. The Morgan fingerprint density at radius 3 is 2.33 bits per heavy atom. The van der Waals surface area contributed by atoms with Crippen molar-refractivity contribution in [3.8, 4) is 0 Å². The lowest BCUT2D eigenvalue weighted by atomic mass is 10.1. The second-order valence-electron chi connectivity index (χ2n) is 6.10. The number of rotatable bonds is 7. The van der Waals surface area contributed by atoms with E-state index in [0.29, 0.717) is 5.92 Å². The first-order valence-corrected chi connectivity index (χ1v) is 6.94. The fourth-order valence-electron chi connectivity index (χ4n) is 1.70. The summed E-state index contributed by atoms with van der Waals surface area (Å²) in [5.41, 5.74) is -0.438. The van der Waals surface area contributed by atoms with E-state index >= 15 is 0 Å². The van der Waals surface area contributed by atoms with Crippen LogP contribution in [-0.4, -0.2) is 30.8 Å². The first-order chi connectivity index (χ1) is 8.24. The van der Waals surface area contributed by atoms with Gasteiger partial charge in [0.1, 0.15) is 5.60 Å². The van der Waals surface area contributed by atoms with Crippen LogP contribution in [0.2, 0.25) is 0 Å². The predicted octanol–water partition coefficient (Wildman–Crippen LogP) is 2.93. The Kier molecular flexibility index (Phi) is 8.00. The predicted molar refractivity (Wildman–Crippen MR) is 75.8 cm³/mol. The normalized spacial score (nSPS) is 15.0. The Morgan fingerprint density at radius 2 is 1.83 bits per heavy atom. The van der Waals surface area contributed by atoms with Gasteiger partial charge in [-0.15, -0.1) is 0 Å². The maximum Gasteiger partial charge on any atom is 0.407 e. The van der Waals surface area contributed by atoms with Crippen LogP contribution in [0.3, 0.4) is 0 Å². The van der Waals surface area contributed by atoms with Crippen LogP contribution < -0.4 is 10.6 Å². The molecule has 1 amide bonds. The van der Waals surface area contributed by atoms with Crippen molar-refractivity contribution < 1.29 is 9.53 Å². The molecule has 0 spiro atoms. The maximum absolute atomic E-state index is 11.5. The highest BCUT2D eigenvalue weighted by Gasteiger charge is 2.17. The van der Waals surface area contributed by atoms with Crippen LogP contribution in [0.15, 0.2) is 0 Å². The lowest BCUT2D eigenvalue weighted by Crippen LogP contribution is -2.43. The van der Waals surface area contributed by atoms with Gasteiger partial charge in [0.15, 0.2) is 0 Å². The van der Waals surface area contributed by atoms with Gasteiger partial charge in [0, 0.05) is 12.6 Å². The first-order valence-electron chi connectivity index (χ1n) is 6.94. The Labute approximate surface area is 112 Å². The fraction of sp³-hybridized carbons (Fsp3) is 0.929. The molecule has 0 aliphatic carbocycles. The summed E-state index contributed by atoms with van der Waals surface area (Å²) < 4.78 is 5.20. The molecule has 0 aromatic rings. The van der Waals surface area contributed by atoms with Gasteiger partial charge in [0.05, 0.1) is 0 Å². The van der Waals surface area contributed by atoms with E-state index in [9.17, 15) is 4.79 Å². The van der Waals surface area contributed by atoms with Crippen molar-refractivity contribution in [3.63, 3.8) is 0 Å². The van der Waals surface area contributed by atoms with E-state index in [4.69, 9.17) is 4.74 Å². The number of ether oxygens (including phenoxy) is 1. The third-order valence-electron chi connectivity index (χ3n) is 2.49. The molecular weight excluding hydrogens is 228 g/mol. The molecule has 0 saturated heterocycles. The Balaban J connectivity index is 3.71. The summed E-state index contributed by atoms with van der Waals surface area (Å²) >= 11 is 0. The lowest BCUT2D eigenvalue weighted by Gasteiger charge is -2.22. The summed E-state index contributed by atoms with van der Waals surface area (Å²) in [4.78, 5) is 11.5. The average molecular weight is 258 g/mol. The molecule has 18 heavy (non-hydrogen) atoms. The van der Waals surface area contributed by atoms with Crippen molar-refractivity contribution in [2.75, 3.05) is 13.1 Å². The first kappa shape index (κ1) is 17.2. The van der Waals surface area contributed by atoms with Crippen molar-refractivity contribution in [2.45, 2.75) is 66.0 Å². The number of nitrogens with one attached hydrogen (secondary N) is 2. The largest absolute Gasteiger partial charge is 0.444 e. The van der Waals surface area contributed by atoms with Crippen molar-refractivity contribution >= 4 is 6.09 Å². The second kappa shape index (κ2) is 8.35. The summed E-state index contributed by atoms with van der Waals surface area (Å²) in [5.74, 6) is 0.684. The van der Waals surface area contributed by atoms with Crippen molar-refractivity contribution in [1.82, 2.24) is 10.6 Å². The molecule has 4 nitrogen and oxygen atoms in total. The van der Waals surface area contributed by atoms with Crippen LogP contribution in [0.1, 0.15) is 54.4 Å². The molecule has 4 heteroatoms. The van der Waals surface area contributed by atoms with Crippen LogP contribution in [0, 0.1) is 5.92 Å². The summed E-state index contributed by atoms with van der Waals surface area (Å²) in [6.45, 7) is 13.8. The molecule has 0 bridgehead atoms. The van der Waals surface area contributed by atoms with Gasteiger partial charge < -0.3 is 15.4 Å². The SMILES string of the molecule is CCCC(C)CNCC(C)NC(=O)OC(C)(C)C. The van der Waals surface area contributed by atoms with Crippen LogP contribution >= 0.6 is 0 Å². The van der Waals surface area contributed by atoms with Crippen molar-refractivity contribution in [3.05, 3.63) is 0 Å². The van der Waals surface area contributed by atoms with Gasteiger partial charge in [-0.2, -0.15) is 0 Å². The van der Waals surface area contributed by atoms with Crippen LogP contribution in [0.5, 0.6) is 0 Å². The van der Waals surface area contributed by atoms with E-state index in [1.807, 2.05) is 27.7 Å². The maximum atomic E-state index is 11.5. The number of amides is 1. The summed E-state index contributed by atoms with van der Waals surface area (Å²) in [5, 5.41) is 6.19. The fourth-order valence-corrected chi connectivity index (χ4v) is 1.70. The molecule has 2 unspecified atom stereocenters. The summed E-state index contributed by atoms with van der Waals surface area (Å²) in [6.07, 6.45) is 2.11. The summed E-state index contributed by atoms with van der Waals surface area (Å²) in [7, 11) is 0. The van der Waals surface area contributed by atoms with Gasteiger partial charge in [-0.25, -0.2) is 4.79 Å². The van der Waals surface area contributed by atoms with Crippen LogP contribution in [0.25, 0.3) is 0 Å². The highest BCUT2D eigenvalue weighted by molar-refractivity contribution is 5.68. The van der Waals surface area contributed by atoms with Gasteiger partial charge in [0.2, 0.25) is 0 Å². The molecule has 108 valence electrons. The van der Waals surface area contributed by atoms with E-state index in [-0.39, 0.29) is 12.1 Å². The molecule has 0 rings (SSSR count). The standard InChI is InChI=1S/C14H30N2O2/c1-7-8-11(2)9-15-10-12(3)16-13(17)18-14(4,5)6/h11-12,15H,7-10H2,1-6H3,(H,16,17). The smallest absolute Gasteiger partial charge is 0.407 e. The molecule has 0 aromatic heterocycles. The monoisotopic (exact) mass is 258 g/mol. The van der Waals surface area contributed by atoms with Crippen LogP contribution in [-0.2, 0) is 4.74 Å². The molecule has 0 fully saturated rings. The number of alkyl carbamates (subject to hydrolysis) is 1. The minimum Gasteiger partial charge on any atom is -0.444 e. The molecule has 0 aliphatic heterocycles. The molecule has 2 atom stereocenters. The Bertz CT molecular complexity index is 236.